The molecule has 0 saturated heterocycles. The number of hydrogen-bond acceptors (Lipinski definition) is 7. The highest BCUT2D eigenvalue weighted by Crippen LogP contribution is 2.36. The molecule has 1 aliphatic carbocycles. The molecule has 10 nitrogen and oxygen atoms in total. The summed E-state index contributed by atoms with van der Waals surface area (Å²) in [7, 11) is -2.27. The van der Waals surface area contributed by atoms with E-state index in [-0.39, 0.29) is 31.0 Å². The second kappa shape index (κ2) is 13.3. The maximum atomic E-state index is 14.0. The summed E-state index contributed by atoms with van der Waals surface area (Å²) >= 11 is 0. The molecule has 1 fully saturated rings. The maximum Gasteiger partial charge on any atom is 0.244 e. The van der Waals surface area contributed by atoms with Gasteiger partial charge in [-0.25, -0.2) is 8.42 Å². The average Bonchev–Trinajstić information content (AvgIpc) is 3.44. The van der Waals surface area contributed by atoms with Crippen molar-refractivity contribution < 1.29 is 32.2 Å². The Bertz CT molecular complexity index is 1280. The Morgan fingerprint density at radius 1 is 1.02 bits per heavy atom. The minimum Gasteiger partial charge on any atom is -0.497 e. The summed E-state index contributed by atoms with van der Waals surface area (Å²) in [5.41, 5.74) is 1.09. The van der Waals surface area contributed by atoms with Gasteiger partial charge < -0.3 is 24.4 Å². The largest absolute Gasteiger partial charge is 0.497 e. The van der Waals surface area contributed by atoms with E-state index in [1.807, 2.05) is 19.1 Å². The van der Waals surface area contributed by atoms with Gasteiger partial charge in [0.1, 0.15) is 18.3 Å². The lowest BCUT2D eigenvalue weighted by Gasteiger charge is -2.34. The molecule has 4 rings (SSSR count). The summed E-state index contributed by atoms with van der Waals surface area (Å²) < 4.78 is 43.6. The Hall–Kier alpha value is -3.47. The maximum absolute atomic E-state index is 14.0. The van der Waals surface area contributed by atoms with Crippen molar-refractivity contribution in [2.75, 3.05) is 30.5 Å². The highest BCUT2D eigenvalue weighted by atomic mass is 32.2. The van der Waals surface area contributed by atoms with Crippen LogP contribution in [-0.2, 0) is 26.2 Å². The van der Waals surface area contributed by atoms with Crippen LogP contribution in [0.1, 0.15) is 57.9 Å². The lowest BCUT2D eigenvalue weighted by atomic mass is 9.95. The van der Waals surface area contributed by atoms with Crippen LogP contribution in [0.4, 0.5) is 5.69 Å². The van der Waals surface area contributed by atoms with Gasteiger partial charge in [-0.05, 0) is 56.0 Å². The molecule has 0 aromatic heterocycles. The highest BCUT2D eigenvalue weighted by Gasteiger charge is 2.34. The SMILES string of the molecule is CC[C@H](C(=O)NC1CCCCC1)N(Cc1ccc(OC)cc1)C(=O)CN(c1ccc2c(c1)OCO2)S(=O)(=O)CC. The highest BCUT2D eigenvalue weighted by molar-refractivity contribution is 7.92. The van der Waals surface area contributed by atoms with Crippen LogP contribution in [0.15, 0.2) is 42.5 Å². The third-order valence-electron chi connectivity index (χ3n) is 7.47. The predicted octanol–water partition coefficient (Wildman–Crippen LogP) is 3.84. The topological polar surface area (TPSA) is 114 Å². The summed E-state index contributed by atoms with van der Waals surface area (Å²) in [5.74, 6) is 0.698. The van der Waals surface area contributed by atoms with Crippen molar-refractivity contribution in [1.29, 1.82) is 0 Å². The number of nitrogens with one attached hydrogen (secondary N) is 1. The molecule has 0 spiro atoms. The molecule has 0 radical (unpaired) electrons. The monoisotopic (exact) mass is 573 g/mol. The van der Waals surface area contributed by atoms with Crippen molar-refractivity contribution in [3.8, 4) is 17.2 Å². The lowest BCUT2D eigenvalue weighted by molar-refractivity contribution is -0.140. The fourth-order valence-electron chi connectivity index (χ4n) is 5.15. The van der Waals surface area contributed by atoms with Gasteiger partial charge in [-0.2, -0.15) is 0 Å². The summed E-state index contributed by atoms with van der Waals surface area (Å²) in [4.78, 5) is 29.0. The van der Waals surface area contributed by atoms with Crippen molar-refractivity contribution in [3.63, 3.8) is 0 Å². The minimum absolute atomic E-state index is 0.0438. The van der Waals surface area contributed by atoms with Crippen LogP contribution in [0.5, 0.6) is 17.2 Å². The fraction of sp³-hybridized carbons (Fsp3) is 0.517. The Morgan fingerprint density at radius 3 is 2.38 bits per heavy atom. The first-order valence-corrected chi connectivity index (χ1v) is 15.5. The number of nitrogens with zero attached hydrogens (tertiary/aromatic N) is 2. The molecule has 2 amide bonds. The molecule has 2 aromatic carbocycles. The van der Waals surface area contributed by atoms with E-state index < -0.39 is 28.5 Å². The molecular formula is C29H39N3O7S. The van der Waals surface area contributed by atoms with Crippen LogP contribution in [-0.4, -0.2) is 63.4 Å². The summed E-state index contributed by atoms with van der Waals surface area (Å²) in [6, 6.07) is 11.4. The number of fused-ring (bicyclic) bond motifs is 1. The molecule has 0 bridgehead atoms. The Morgan fingerprint density at radius 2 is 1.73 bits per heavy atom. The molecule has 2 aliphatic rings. The zero-order valence-electron chi connectivity index (χ0n) is 23.4. The number of carbonyl (C=O) groups is 2. The smallest absolute Gasteiger partial charge is 0.244 e. The number of rotatable bonds is 12. The number of anilines is 1. The molecule has 40 heavy (non-hydrogen) atoms. The van der Waals surface area contributed by atoms with E-state index in [4.69, 9.17) is 14.2 Å². The first-order valence-electron chi connectivity index (χ1n) is 13.9. The third kappa shape index (κ3) is 6.99. The number of amides is 2. The van der Waals surface area contributed by atoms with Gasteiger partial charge in [-0.3, -0.25) is 13.9 Å². The summed E-state index contributed by atoms with van der Waals surface area (Å²) in [6.45, 7) is 3.11. The van der Waals surface area contributed by atoms with Crippen LogP contribution < -0.4 is 23.8 Å². The molecule has 1 aliphatic heterocycles. The van der Waals surface area contributed by atoms with Crippen molar-refractivity contribution in [3.05, 3.63) is 48.0 Å². The Kier molecular flexibility index (Phi) is 9.78. The third-order valence-corrected chi connectivity index (χ3v) is 9.21. The predicted molar refractivity (Wildman–Crippen MR) is 152 cm³/mol. The van der Waals surface area contributed by atoms with E-state index in [9.17, 15) is 18.0 Å². The van der Waals surface area contributed by atoms with Crippen molar-refractivity contribution in [2.24, 2.45) is 0 Å². The van der Waals surface area contributed by atoms with Crippen molar-refractivity contribution in [2.45, 2.75) is 71.0 Å². The van der Waals surface area contributed by atoms with Gasteiger partial charge >= 0.3 is 0 Å². The molecular weight excluding hydrogens is 534 g/mol. The van der Waals surface area contributed by atoms with E-state index >= 15 is 0 Å². The van der Waals surface area contributed by atoms with Gasteiger partial charge in [-0.1, -0.05) is 38.3 Å². The van der Waals surface area contributed by atoms with Gasteiger partial charge in [0.2, 0.25) is 28.6 Å². The summed E-state index contributed by atoms with van der Waals surface area (Å²) in [6.07, 6.45) is 5.51. The zero-order valence-corrected chi connectivity index (χ0v) is 24.2. The van der Waals surface area contributed by atoms with Crippen LogP contribution in [0.25, 0.3) is 0 Å². The van der Waals surface area contributed by atoms with E-state index in [1.165, 1.54) is 11.8 Å². The molecule has 11 heteroatoms. The Labute approximate surface area is 236 Å². The molecule has 1 heterocycles. The molecule has 2 aromatic rings. The molecule has 218 valence electrons. The fourth-order valence-corrected chi connectivity index (χ4v) is 6.21. The minimum atomic E-state index is -3.84. The number of carbonyl (C=O) groups excluding carboxylic acids is 2. The van der Waals surface area contributed by atoms with Crippen molar-refractivity contribution >= 4 is 27.5 Å². The van der Waals surface area contributed by atoms with Gasteiger partial charge in [0.25, 0.3) is 0 Å². The first-order chi connectivity index (χ1) is 19.2. The first kappa shape index (κ1) is 29.5. The quantitative estimate of drug-likeness (QED) is 0.410. The zero-order chi connectivity index (χ0) is 28.7. The number of ether oxygens (including phenoxy) is 3. The molecule has 1 N–H and O–H groups in total. The number of benzene rings is 2. The van der Waals surface area contributed by atoms with Gasteiger partial charge in [0.15, 0.2) is 11.5 Å². The molecule has 1 saturated carbocycles. The second-order valence-electron chi connectivity index (χ2n) is 10.1. The number of sulfonamides is 1. The van der Waals surface area contributed by atoms with Crippen LogP contribution in [0.2, 0.25) is 0 Å². The van der Waals surface area contributed by atoms with Gasteiger partial charge in [0.05, 0.1) is 18.6 Å². The van der Waals surface area contributed by atoms with Gasteiger partial charge in [0, 0.05) is 18.7 Å². The second-order valence-corrected chi connectivity index (χ2v) is 12.3. The normalized spacial score (nSPS) is 15.8. The van der Waals surface area contributed by atoms with E-state index in [1.54, 1.807) is 37.4 Å². The van der Waals surface area contributed by atoms with E-state index in [2.05, 4.69) is 5.32 Å². The lowest BCUT2D eigenvalue weighted by Crippen LogP contribution is -2.54. The van der Waals surface area contributed by atoms with E-state index in [0.29, 0.717) is 29.4 Å². The van der Waals surface area contributed by atoms with Gasteiger partial charge in [-0.15, -0.1) is 0 Å². The summed E-state index contributed by atoms with van der Waals surface area (Å²) in [5, 5.41) is 3.15. The van der Waals surface area contributed by atoms with E-state index in [0.717, 1.165) is 42.0 Å². The van der Waals surface area contributed by atoms with Crippen LogP contribution in [0.3, 0.4) is 0 Å². The van der Waals surface area contributed by atoms with Crippen LogP contribution >= 0.6 is 0 Å². The number of hydrogen-bond donors (Lipinski definition) is 1. The Balaban J connectivity index is 1.63. The van der Waals surface area contributed by atoms with Crippen molar-refractivity contribution in [1.82, 2.24) is 10.2 Å². The van der Waals surface area contributed by atoms with Crippen LogP contribution in [0, 0.1) is 0 Å². The molecule has 1 atom stereocenters. The standard InChI is InChI=1S/C29H39N3O7S/c1-4-25(29(34)30-22-9-7-6-8-10-22)31(18-21-11-14-24(37-3)15-12-21)28(33)19-32(40(35,36)5-2)23-13-16-26-27(17-23)39-20-38-26/h11-17,22,25H,4-10,18-20H2,1-3H3,(H,30,34)/t25-/m1/s1. The number of methoxy groups -OCH3 is 1. The average molecular weight is 574 g/mol. The molecule has 0 unspecified atom stereocenters.